The molecule has 0 N–H and O–H groups in total. The van der Waals surface area contributed by atoms with Crippen LogP contribution in [0.1, 0.15) is 25.0 Å². The molecule has 0 fully saturated rings. The highest BCUT2D eigenvalue weighted by molar-refractivity contribution is 5.93. The van der Waals surface area contributed by atoms with Crippen LogP contribution in [0.2, 0.25) is 0 Å². The first-order chi connectivity index (χ1) is 10.9. The fraction of sp³-hybridized carbons (Fsp3) is 0.158. The molecule has 0 aromatic heterocycles. The monoisotopic (exact) mass is 308 g/mol. The van der Waals surface area contributed by atoms with Crippen LogP contribution in [0.15, 0.2) is 60.7 Å². The molecule has 0 saturated carbocycles. The number of esters is 2. The topological polar surface area (TPSA) is 52.6 Å². The van der Waals surface area contributed by atoms with E-state index in [1.54, 1.807) is 24.3 Å². The lowest BCUT2D eigenvalue weighted by molar-refractivity contribution is -0.131. The van der Waals surface area contributed by atoms with Gasteiger partial charge in [0.1, 0.15) is 11.5 Å². The molecule has 116 valence electrons. The Morgan fingerprint density at radius 2 is 1.00 bits per heavy atom. The zero-order chi connectivity index (χ0) is 16.4. The van der Waals surface area contributed by atoms with Crippen LogP contribution < -0.4 is 9.47 Å². The van der Waals surface area contributed by atoms with Crippen LogP contribution in [0, 0.1) is 0 Å². The van der Waals surface area contributed by atoms with Crippen molar-refractivity contribution in [2.75, 3.05) is 0 Å². The van der Waals surface area contributed by atoms with E-state index >= 15 is 0 Å². The summed E-state index contributed by atoms with van der Waals surface area (Å²) in [4.78, 5) is 23.4. The summed E-state index contributed by atoms with van der Waals surface area (Å²) in [6, 6.07) is 14.7. The predicted molar refractivity (Wildman–Crippen MR) is 85.4 cm³/mol. The van der Waals surface area contributed by atoms with Gasteiger partial charge in [-0.1, -0.05) is 38.1 Å². The van der Waals surface area contributed by atoms with Gasteiger partial charge in [-0.2, -0.15) is 0 Å². The minimum atomic E-state index is -0.626. The van der Waals surface area contributed by atoms with E-state index in [9.17, 15) is 9.59 Å². The van der Waals surface area contributed by atoms with Crippen molar-refractivity contribution in [3.8, 4) is 11.5 Å². The number of hydrogen-bond acceptors (Lipinski definition) is 4. The van der Waals surface area contributed by atoms with Crippen LogP contribution in [0.5, 0.6) is 11.5 Å². The maximum atomic E-state index is 11.7. The van der Waals surface area contributed by atoms with E-state index in [0.717, 1.165) is 23.3 Å². The highest BCUT2D eigenvalue weighted by Crippen LogP contribution is 2.33. The van der Waals surface area contributed by atoms with Gasteiger partial charge in [0.05, 0.1) is 0 Å². The SMILES string of the molecule is CC1(C)c2ccc(cc2)OC(=O)/C=C\C(=O)Oc2ccc1cc2. The Bertz CT molecular complexity index is 703. The second-order valence-electron chi connectivity index (χ2n) is 5.85. The quantitative estimate of drug-likeness (QED) is 0.553. The second kappa shape index (κ2) is 5.72. The van der Waals surface area contributed by atoms with E-state index in [1.165, 1.54) is 0 Å². The highest BCUT2D eigenvalue weighted by atomic mass is 16.5. The summed E-state index contributed by atoms with van der Waals surface area (Å²) >= 11 is 0. The lowest BCUT2D eigenvalue weighted by Crippen LogP contribution is -2.18. The molecule has 5 rings (SSSR count). The van der Waals surface area contributed by atoms with Crippen LogP contribution in [0.4, 0.5) is 0 Å². The van der Waals surface area contributed by atoms with Gasteiger partial charge in [0, 0.05) is 17.6 Å². The van der Waals surface area contributed by atoms with Crippen molar-refractivity contribution in [1.82, 2.24) is 0 Å². The van der Waals surface area contributed by atoms with Crippen molar-refractivity contribution in [3.05, 3.63) is 71.8 Å². The van der Waals surface area contributed by atoms with Gasteiger partial charge in [0.25, 0.3) is 0 Å². The summed E-state index contributed by atoms with van der Waals surface area (Å²) in [6.07, 6.45) is 2.10. The number of carbonyl (C=O) groups excluding carboxylic acids is 2. The van der Waals surface area contributed by atoms with Crippen molar-refractivity contribution >= 4 is 11.9 Å². The van der Waals surface area contributed by atoms with E-state index in [1.807, 2.05) is 24.3 Å². The summed E-state index contributed by atoms with van der Waals surface area (Å²) in [5, 5.41) is 0. The van der Waals surface area contributed by atoms with Crippen LogP contribution in [0.3, 0.4) is 0 Å². The molecule has 0 radical (unpaired) electrons. The zero-order valence-electron chi connectivity index (χ0n) is 12.9. The lowest BCUT2D eigenvalue weighted by atomic mass is 9.78. The van der Waals surface area contributed by atoms with Crippen molar-refractivity contribution in [1.29, 1.82) is 0 Å². The second-order valence-corrected chi connectivity index (χ2v) is 5.85. The summed E-state index contributed by atoms with van der Waals surface area (Å²) < 4.78 is 10.3. The highest BCUT2D eigenvalue weighted by Gasteiger charge is 2.23. The molecule has 4 nitrogen and oxygen atoms in total. The van der Waals surface area contributed by atoms with E-state index in [2.05, 4.69) is 13.8 Å². The molecule has 3 aliphatic heterocycles. The Hall–Kier alpha value is -2.88. The molecule has 0 spiro atoms. The van der Waals surface area contributed by atoms with Crippen LogP contribution >= 0.6 is 0 Å². The van der Waals surface area contributed by atoms with E-state index in [-0.39, 0.29) is 5.41 Å². The maximum absolute atomic E-state index is 11.7. The molecule has 3 aliphatic rings. The van der Waals surface area contributed by atoms with Crippen molar-refractivity contribution < 1.29 is 19.1 Å². The molecular weight excluding hydrogens is 292 g/mol. The summed E-state index contributed by atoms with van der Waals surface area (Å²) in [5.41, 5.74) is 1.95. The first-order valence-electron chi connectivity index (χ1n) is 7.28. The molecule has 4 bridgehead atoms. The molecule has 4 heteroatoms. The minimum absolute atomic E-state index is 0.233. The molecule has 0 aliphatic carbocycles. The predicted octanol–water partition coefficient (Wildman–Crippen LogP) is 3.39. The first-order valence-corrected chi connectivity index (χ1v) is 7.28. The maximum Gasteiger partial charge on any atom is 0.336 e. The Morgan fingerprint density at radius 3 is 1.35 bits per heavy atom. The zero-order valence-corrected chi connectivity index (χ0v) is 12.9. The molecular formula is C19H16O4. The minimum Gasteiger partial charge on any atom is -0.423 e. The summed E-state index contributed by atoms with van der Waals surface area (Å²) in [6.45, 7) is 4.21. The van der Waals surface area contributed by atoms with Gasteiger partial charge in [0.2, 0.25) is 0 Å². The van der Waals surface area contributed by atoms with E-state index < -0.39 is 11.9 Å². The van der Waals surface area contributed by atoms with E-state index in [4.69, 9.17) is 9.47 Å². The molecule has 0 atom stereocenters. The van der Waals surface area contributed by atoms with Crippen LogP contribution in [-0.2, 0) is 15.0 Å². The first kappa shape index (κ1) is 15.0. The Kier molecular flexibility index (Phi) is 3.74. The molecule has 2 aromatic rings. The third kappa shape index (κ3) is 3.16. The van der Waals surface area contributed by atoms with Gasteiger partial charge in [-0.15, -0.1) is 0 Å². The number of benzene rings is 2. The number of fused-ring (bicyclic) bond motifs is 2. The summed E-state index contributed by atoms with van der Waals surface area (Å²) in [5.74, 6) is -0.397. The molecule has 3 heterocycles. The molecule has 0 amide bonds. The third-order valence-corrected chi connectivity index (χ3v) is 3.94. The Morgan fingerprint density at radius 1 is 0.652 bits per heavy atom. The van der Waals surface area contributed by atoms with Gasteiger partial charge in [-0.25, -0.2) is 9.59 Å². The van der Waals surface area contributed by atoms with Gasteiger partial charge in [-0.3, -0.25) is 0 Å². The number of ether oxygens (including phenoxy) is 2. The number of hydrogen-bond donors (Lipinski definition) is 0. The summed E-state index contributed by atoms with van der Waals surface area (Å²) in [7, 11) is 0. The van der Waals surface area contributed by atoms with Crippen molar-refractivity contribution in [3.63, 3.8) is 0 Å². The largest absolute Gasteiger partial charge is 0.423 e. The number of carbonyl (C=O) groups is 2. The molecule has 23 heavy (non-hydrogen) atoms. The number of rotatable bonds is 0. The smallest absolute Gasteiger partial charge is 0.336 e. The fourth-order valence-corrected chi connectivity index (χ4v) is 2.48. The van der Waals surface area contributed by atoms with Crippen LogP contribution in [-0.4, -0.2) is 11.9 Å². The molecule has 2 aromatic carbocycles. The van der Waals surface area contributed by atoms with Gasteiger partial charge < -0.3 is 9.47 Å². The average Bonchev–Trinajstić information content (AvgIpc) is 2.54. The third-order valence-electron chi connectivity index (χ3n) is 3.94. The van der Waals surface area contributed by atoms with E-state index in [0.29, 0.717) is 11.5 Å². The average molecular weight is 308 g/mol. The van der Waals surface area contributed by atoms with Crippen LogP contribution in [0.25, 0.3) is 0 Å². The van der Waals surface area contributed by atoms with Crippen molar-refractivity contribution in [2.24, 2.45) is 0 Å². The molecule has 0 saturated heterocycles. The van der Waals surface area contributed by atoms with Gasteiger partial charge >= 0.3 is 11.9 Å². The normalized spacial score (nSPS) is 17.8. The fourth-order valence-electron chi connectivity index (χ4n) is 2.48. The van der Waals surface area contributed by atoms with Gasteiger partial charge in [0.15, 0.2) is 0 Å². The lowest BCUT2D eigenvalue weighted by Gasteiger charge is -2.26. The Labute approximate surface area is 134 Å². The van der Waals surface area contributed by atoms with Gasteiger partial charge in [-0.05, 0) is 35.4 Å². The standard InChI is InChI=1S/C19H16O4/c1-19(2)13-3-7-15(8-4-13)22-17(20)11-12-18(21)23-16-9-5-14(19)6-10-16/h3-12H,1-2H3/b12-11-. The Balaban J connectivity index is 2.09. The molecule has 0 unspecified atom stereocenters. The van der Waals surface area contributed by atoms with Crippen molar-refractivity contribution in [2.45, 2.75) is 19.3 Å².